The fourth-order valence-corrected chi connectivity index (χ4v) is 6.89. The number of nitriles is 1. The fourth-order valence-electron chi connectivity index (χ4n) is 5.63. The van der Waals surface area contributed by atoms with Gasteiger partial charge in [-0.3, -0.25) is 9.69 Å². The van der Waals surface area contributed by atoms with Crippen molar-refractivity contribution >= 4 is 27.5 Å². The van der Waals surface area contributed by atoms with E-state index < -0.39 is 11.8 Å². The van der Waals surface area contributed by atoms with Crippen LogP contribution >= 0.6 is 11.3 Å². The van der Waals surface area contributed by atoms with Crippen LogP contribution in [0.25, 0.3) is 10.2 Å². The number of nitrogens with two attached hydrogens (primary N) is 1. The maximum absolute atomic E-state index is 11.7. The molecule has 2 atom stereocenters. The van der Waals surface area contributed by atoms with Crippen molar-refractivity contribution in [1.29, 1.82) is 5.26 Å². The van der Waals surface area contributed by atoms with Gasteiger partial charge in [-0.1, -0.05) is 0 Å². The summed E-state index contributed by atoms with van der Waals surface area (Å²) in [5.41, 5.74) is 6.68. The van der Waals surface area contributed by atoms with Crippen LogP contribution in [0.15, 0.2) is 12.3 Å². The molecule has 0 aromatic carbocycles. The van der Waals surface area contributed by atoms with Crippen LogP contribution in [0.3, 0.4) is 0 Å². The van der Waals surface area contributed by atoms with E-state index in [0.717, 1.165) is 80.8 Å². The minimum absolute atomic E-state index is 0.152. The highest BCUT2D eigenvalue weighted by molar-refractivity contribution is 7.19. The van der Waals surface area contributed by atoms with E-state index in [1.807, 2.05) is 12.3 Å². The lowest BCUT2D eigenvalue weighted by atomic mass is 9.89. The van der Waals surface area contributed by atoms with Gasteiger partial charge in [0.2, 0.25) is 5.91 Å². The number of pyridine rings is 1. The molecule has 32 heavy (non-hydrogen) atoms. The molecule has 1 amide bonds. The van der Waals surface area contributed by atoms with Crippen LogP contribution < -0.4 is 10.5 Å². The number of carbonyl (C=O) groups is 1. The normalized spacial score (nSPS) is 27.0. The molecule has 2 fully saturated rings. The summed E-state index contributed by atoms with van der Waals surface area (Å²) in [5, 5.41) is 10.4. The van der Waals surface area contributed by atoms with Crippen molar-refractivity contribution in [2.45, 2.75) is 63.0 Å². The molecule has 1 aliphatic heterocycles. The first kappa shape index (κ1) is 21.6. The predicted molar refractivity (Wildman–Crippen MR) is 123 cm³/mol. The number of aromatic nitrogens is 1. The third-order valence-corrected chi connectivity index (χ3v) is 8.49. The van der Waals surface area contributed by atoms with E-state index in [9.17, 15) is 10.1 Å². The van der Waals surface area contributed by atoms with E-state index in [2.05, 4.69) is 16.0 Å². The Morgan fingerprint density at radius 3 is 2.81 bits per heavy atom. The molecular formula is C24H30N4O3S. The Morgan fingerprint density at radius 2 is 2.09 bits per heavy atom. The summed E-state index contributed by atoms with van der Waals surface area (Å²) in [5.74, 6) is -0.231. The Kier molecular flexibility index (Phi) is 6.31. The maximum Gasteiger partial charge on any atom is 0.234 e. The van der Waals surface area contributed by atoms with E-state index >= 15 is 0 Å². The summed E-state index contributed by atoms with van der Waals surface area (Å²) in [7, 11) is 0. The number of fused-ring (bicyclic) bond motifs is 3. The summed E-state index contributed by atoms with van der Waals surface area (Å²) in [6.07, 6.45) is 8.86. The van der Waals surface area contributed by atoms with Crippen LogP contribution in [0.2, 0.25) is 0 Å². The van der Waals surface area contributed by atoms with Crippen LogP contribution in [-0.4, -0.2) is 54.2 Å². The molecule has 170 valence electrons. The monoisotopic (exact) mass is 454 g/mol. The lowest BCUT2D eigenvalue weighted by molar-refractivity contribution is -0.120. The number of hydrogen-bond donors (Lipinski definition) is 1. The highest BCUT2D eigenvalue weighted by Gasteiger charge is 2.34. The topological polar surface area (TPSA) is 101 Å². The molecule has 2 aliphatic carbocycles. The van der Waals surface area contributed by atoms with Gasteiger partial charge in [-0.2, -0.15) is 5.26 Å². The summed E-state index contributed by atoms with van der Waals surface area (Å²) in [6.45, 7) is 3.77. The quantitative estimate of drug-likeness (QED) is 0.718. The van der Waals surface area contributed by atoms with E-state index in [1.54, 1.807) is 11.3 Å². The average molecular weight is 455 g/mol. The van der Waals surface area contributed by atoms with Gasteiger partial charge in [0.1, 0.15) is 16.5 Å². The van der Waals surface area contributed by atoms with Crippen molar-refractivity contribution < 1.29 is 14.3 Å². The predicted octanol–water partition coefficient (Wildman–Crippen LogP) is 3.36. The second-order valence-corrected chi connectivity index (χ2v) is 10.3. The van der Waals surface area contributed by atoms with Gasteiger partial charge >= 0.3 is 0 Å². The van der Waals surface area contributed by atoms with Gasteiger partial charge in [0.05, 0.1) is 30.8 Å². The van der Waals surface area contributed by atoms with Gasteiger partial charge in [-0.05, 0) is 62.5 Å². The van der Waals surface area contributed by atoms with Crippen LogP contribution in [-0.2, 0) is 16.0 Å². The number of amides is 1. The van der Waals surface area contributed by atoms with Gasteiger partial charge in [0, 0.05) is 30.2 Å². The molecule has 1 saturated heterocycles. The molecule has 8 heteroatoms. The summed E-state index contributed by atoms with van der Waals surface area (Å²) in [6, 6.07) is 4.70. The number of aryl methyl sites for hydroxylation is 1. The Labute approximate surface area is 192 Å². The third-order valence-electron chi connectivity index (χ3n) is 7.31. The lowest BCUT2D eigenvalue weighted by Crippen LogP contribution is -2.46. The Morgan fingerprint density at radius 1 is 1.31 bits per heavy atom. The molecule has 0 spiro atoms. The number of hydrogen-bond acceptors (Lipinski definition) is 7. The molecule has 2 aromatic heterocycles. The van der Waals surface area contributed by atoms with Crippen LogP contribution in [0, 0.1) is 17.2 Å². The van der Waals surface area contributed by atoms with Gasteiger partial charge in [-0.15, -0.1) is 11.3 Å². The Balaban J connectivity index is 1.32. The number of thiophene rings is 1. The van der Waals surface area contributed by atoms with Crippen molar-refractivity contribution in [1.82, 2.24) is 9.88 Å². The number of ether oxygens (including phenoxy) is 2. The Hall–Kier alpha value is -2.21. The first-order valence-electron chi connectivity index (χ1n) is 11.7. The molecule has 7 nitrogen and oxygen atoms in total. The van der Waals surface area contributed by atoms with Crippen molar-refractivity contribution in [3.05, 3.63) is 22.7 Å². The van der Waals surface area contributed by atoms with E-state index in [1.165, 1.54) is 10.4 Å². The first-order valence-corrected chi connectivity index (χ1v) is 12.5. The zero-order chi connectivity index (χ0) is 22.1. The number of carbonyl (C=O) groups excluding carboxylic acids is 1. The molecule has 3 heterocycles. The number of morpholine rings is 1. The fraction of sp³-hybridized carbons (Fsp3) is 0.625. The molecule has 2 N–H and O–H groups in total. The summed E-state index contributed by atoms with van der Waals surface area (Å²) < 4.78 is 12.1. The molecule has 3 aliphatic rings. The lowest BCUT2D eigenvalue weighted by Gasteiger charge is -2.38. The highest BCUT2D eigenvalue weighted by Crippen LogP contribution is 2.48. The third kappa shape index (κ3) is 4.21. The molecule has 2 aromatic rings. The van der Waals surface area contributed by atoms with Crippen LogP contribution in [0.5, 0.6) is 5.75 Å². The second kappa shape index (κ2) is 9.34. The molecule has 5 rings (SSSR count). The van der Waals surface area contributed by atoms with Gasteiger partial charge in [0.25, 0.3) is 0 Å². The number of rotatable bonds is 6. The summed E-state index contributed by atoms with van der Waals surface area (Å²) >= 11 is 1.72. The van der Waals surface area contributed by atoms with Crippen LogP contribution in [0.4, 0.5) is 0 Å². The minimum atomic E-state index is -0.752. The minimum Gasteiger partial charge on any atom is -0.490 e. The van der Waals surface area contributed by atoms with E-state index in [4.69, 9.17) is 15.2 Å². The second-order valence-electron chi connectivity index (χ2n) is 9.18. The first-order chi connectivity index (χ1) is 15.6. The largest absolute Gasteiger partial charge is 0.490 e. The zero-order valence-corrected chi connectivity index (χ0v) is 19.1. The average Bonchev–Trinajstić information content (AvgIpc) is 3.38. The van der Waals surface area contributed by atoms with E-state index in [0.29, 0.717) is 12.5 Å². The van der Waals surface area contributed by atoms with Gasteiger partial charge in [-0.25, -0.2) is 4.98 Å². The van der Waals surface area contributed by atoms with E-state index in [-0.39, 0.29) is 12.0 Å². The maximum atomic E-state index is 11.7. The number of primary amides is 1. The molecule has 0 radical (unpaired) electrons. The molecular weight excluding hydrogens is 424 g/mol. The highest BCUT2D eigenvalue weighted by atomic mass is 32.1. The molecule has 0 unspecified atom stereocenters. The summed E-state index contributed by atoms with van der Waals surface area (Å²) in [4.78, 5) is 21.1. The van der Waals surface area contributed by atoms with Crippen molar-refractivity contribution in [2.24, 2.45) is 11.7 Å². The van der Waals surface area contributed by atoms with Gasteiger partial charge in [0.15, 0.2) is 0 Å². The smallest absolute Gasteiger partial charge is 0.234 e. The van der Waals surface area contributed by atoms with Crippen LogP contribution in [0.1, 0.15) is 54.9 Å². The molecule has 1 saturated carbocycles. The van der Waals surface area contributed by atoms with Crippen molar-refractivity contribution in [3.63, 3.8) is 0 Å². The van der Waals surface area contributed by atoms with Crippen molar-refractivity contribution in [2.75, 3.05) is 26.3 Å². The zero-order valence-electron chi connectivity index (χ0n) is 18.3. The standard InChI is InChI=1S/C24H30N4O3S/c25-14-16(23(26)29)13-15-1-6-20-21(15)22-19(7-8-27-24(22)32-20)31-18-4-2-17(3-5-18)28-9-11-30-12-10-28/h7-8,15-18H,1-6,9-13H2,(H2,26,29)/t15-,16+,17?,18?/m1/s1. The van der Waals surface area contributed by atoms with Crippen molar-refractivity contribution in [3.8, 4) is 11.8 Å². The van der Waals surface area contributed by atoms with Gasteiger partial charge < -0.3 is 15.2 Å². The Bertz CT molecular complexity index is 1020. The SMILES string of the molecule is N#C[C@H](C[C@H]1CCc2sc3nccc(OC4CCC(N5CCOCC5)CC4)c3c21)C(N)=O. The number of nitrogens with zero attached hydrogens (tertiary/aromatic N) is 3. The molecule has 0 bridgehead atoms.